The maximum absolute atomic E-state index is 12.3. The summed E-state index contributed by atoms with van der Waals surface area (Å²) in [6, 6.07) is 6.01. The first-order chi connectivity index (χ1) is 11.4. The van der Waals surface area contributed by atoms with Crippen molar-refractivity contribution >= 4 is 22.9 Å². The van der Waals surface area contributed by atoms with Crippen molar-refractivity contribution in [1.29, 1.82) is 0 Å². The van der Waals surface area contributed by atoms with Crippen LogP contribution in [0.2, 0.25) is 0 Å². The number of nitrogens with one attached hydrogen (secondary N) is 1. The van der Waals surface area contributed by atoms with Crippen molar-refractivity contribution < 1.29 is 9.72 Å². The van der Waals surface area contributed by atoms with Crippen molar-refractivity contribution in [2.24, 2.45) is 11.7 Å². The highest BCUT2D eigenvalue weighted by Crippen LogP contribution is 2.25. The Labute approximate surface area is 144 Å². The molecule has 3 N–H and O–H groups in total. The van der Waals surface area contributed by atoms with Crippen molar-refractivity contribution in [3.63, 3.8) is 0 Å². The average molecular weight is 348 g/mol. The van der Waals surface area contributed by atoms with E-state index in [0.29, 0.717) is 23.2 Å². The predicted octanol–water partition coefficient (Wildman–Crippen LogP) is 2.82. The molecule has 2 aromatic rings. The van der Waals surface area contributed by atoms with E-state index < -0.39 is 4.92 Å². The zero-order valence-electron chi connectivity index (χ0n) is 13.6. The lowest BCUT2D eigenvalue weighted by Crippen LogP contribution is -2.41. The molecule has 1 unspecified atom stereocenters. The van der Waals surface area contributed by atoms with Gasteiger partial charge in [-0.2, -0.15) is 0 Å². The first-order valence-corrected chi connectivity index (χ1v) is 8.50. The number of nitrogens with two attached hydrogens (primary N) is 1. The van der Waals surface area contributed by atoms with E-state index in [1.165, 1.54) is 23.5 Å². The van der Waals surface area contributed by atoms with E-state index >= 15 is 0 Å². The van der Waals surface area contributed by atoms with Crippen LogP contribution in [0, 0.1) is 16.0 Å². The van der Waals surface area contributed by atoms with E-state index in [4.69, 9.17) is 5.73 Å². The number of aromatic nitrogens is 1. The minimum Gasteiger partial charge on any atom is -0.347 e. The van der Waals surface area contributed by atoms with Gasteiger partial charge in [0, 0.05) is 35.7 Å². The molecule has 0 aliphatic rings. The van der Waals surface area contributed by atoms with E-state index in [2.05, 4.69) is 24.1 Å². The highest BCUT2D eigenvalue weighted by Gasteiger charge is 2.17. The topological polar surface area (TPSA) is 111 Å². The van der Waals surface area contributed by atoms with Crippen LogP contribution < -0.4 is 11.1 Å². The Morgan fingerprint density at radius 3 is 2.58 bits per heavy atom. The van der Waals surface area contributed by atoms with Gasteiger partial charge in [-0.25, -0.2) is 4.98 Å². The number of benzene rings is 1. The van der Waals surface area contributed by atoms with Crippen LogP contribution in [0.1, 0.15) is 30.8 Å². The smallest absolute Gasteiger partial charge is 0.271 e. The van der Waals surface area contributed by atoms with Gasteiger partial charge in [-0.15, -0.1) is 11.3 Å². The molecule has 0 saturated carbocycles. The van der Waals surface area contributed by atoms with E-state index in [-0.39, 0.29) is 17.6 Å². The number of amides is 1. The largest absolute Gasteiger partial charge is 0.347 e. The summed E-state index contributed by atoms with van der Waals surface area (Å²) in [5, 5.41) is 15.9. The molecule has 1 amide bonds. The molecule has 0 fully saturated rings. The second-order valence-corrected chi connectivity index (χ2v) is 6.74. The molecule has 0 spiro atoms. The number of hydrogen-bond donors (Lipinski definition) is 2. The molecule has 0 bridgehead atoms. The lowest BCUT2D eigenvalue weighted by molar-refractivity contribution is -0.384. The van der Waals surface area contributed by atoms with Crippen LogP contribution in [-0.2, 0) is 0 Å². The minimum atomic E-state index is -0.452. The normalized spacial score (nSPS) is 12.2. The van der Waals surface area contributed by atoms with Gasteiger partial charge in [0.05, 0.1) is 4.92 Å². The Hall–Kier alpha value is -2.32. The molecule has 0 saturated heterocycles. The molecule has 128 valence electrons. The van der Waals surface area contributed by atoms with Crippen LogP contribution >= 0.6 is 11.3 Å². The number of non-ortho nitro benzene ring substituents is 1. The van der Waals surface area contributed by atoms with Gasteiger partial charge in [-0.3, -0.25) is 14.9 Å². The Morgan fingerprint density at radius 2 is 2.04 bits per heavy atom. The Kier molecular flexibility index (Phi) is 5.99. The molecule has 0 aliphatic heterocycles. The third-order valence-corrected chi connectivity index (χ3v) is 4.33. The van der Waals surface area contributed by atoms with Crippen LogP contribution in [0.5, 0.6) is 0 Å². The standard InChI is InChI=1S/C16H20N4O3S/c1-10(2)7-12(8-17)18-15(21)14-9-24-16(19-14)11-3-5-13(6-4-11)20(22)23/h3-6,9-10,12H,7-8,17H2,1-2H3,(H,18,21). The SMILES string of the molecule is CC(C)CC(CN)NC(=O)c1csc(-c2ccc([N+](=O)[O-])cc2)n1. The summed E-state index contributed by atoms with van der Waals surface area (Å²) in [4.78, 5) is 26.8. The summed E-state index contributed by atoms with van der Waals surface area (Å²) in [7, 11) is 0. The van der Waals surface area contributed by atoms with Gasteiger partial charge in [-0.05, 0) is 24.5 Å². The third kappa shape index (κ3) is 4.59. The average Bonchev–Trinajstić information content (AvgIpc) is 3.04. The fourth-order valence-electron chi connectivity index (χ4n) is 2.28. The molecule has 1 heterocycles. The summed E-state index contributed by atoms with van der Waals surface area (Å²) in [6.07, 6.45) is 0.807. The number of nitro benzene ring substituents is 1. The molecule has 0 aliphatic carbocycles. The van der Waals surface area contributed by atoms with E-state index in [9.17, 15) is 14.9 Å². The quantitative estimate of drug-likeness (QED) is 0.590. The fraction of sp³-hybridized carbons (Fsp3) is 0.375. The van der Waals surface area contributed by atoms with Crippen molar-refractivity contribution in [2.45, 2.75) is 26.3 Å². The van der Waals surface area contributed by atoms with Crippen LogP contribution in [0.4, 0.5) is 5.69 Å². The molecule has 7 nitrogen and oxygen atoms in total. The van der Waals surface area contributed by atoms with Gasteiger partial charge in [0.25, 0.3) is 11.6 Å². The molecule has 24 heavy (non-hydrogen) atoms. The van der Waals surface area contributed by atoms with Gasteiger partial charge in [0.2, 0.25) is 0 Å². The molecule has 8 heteroatoms. The van der Waals surface area contributed by atoms with Crippen molar-refractivity contribution in [3.8, 4) is 10.6 Å². The van der Waals surface area contributed by atoms with Gasteiger partial charge in [0.15, 0.2) is 0 Å². The molecule has 0 radical (unpaired) electrons. The zero-order valence-corrected chi connectivity index (χ0v) is 14.4. The zero-order chi connectivity index (χ0) is 17.7. The molecule has 1 aromatic heterocycles. The van der Waals surface area contributed by atoms with Gasteiger partial charge >= 0.3 is 0 Å². The molecular weight excluding hydrogens is 328 g/mol. The lowest BCUT2D eigenvalue weighted by Gasteiger charge is -2.18. The summed E-state index contributed by atoms with van der Waals surface area (Å²) in [5.74, 6) is 0.181. The lowest BCUT2D eigenvalue weighted by atomic mass is 10.0. The van der Waals surface area contributed by atoms with Crippen molar-refractivity contribution in [2.75, 3.05) is 6.54 Å². The van der Waals surface area contributed by atoms with Crippen LogP contribution in [0.25, 0.3) is 10.6 Å². The van der Waals surface area contributed by atoms with Crippen LogP contribution in [-0.4, -0.2) is 28.4 Å². The number of carbonyl (C=O) groups is 1. The molecule has 1 atom stereocenters. The Bertz CT molecular complexity index is 712. The highest BCUT2D eigenvalue weighted by atomic mass is 32.1. The number of thiazole rings is 1. The maximum Gasteiger partial charge on any atom is 0.271 e. The van der Waals surface area contributed by atoms with Crippen LogP contribution in [0.3, 0.4) is 0 Å². The molecular formula is C16H20N4O3S. The summed E-state index contributed by atoms with van der Waals surface area (Å²) >= 11 is 1.32. The Morgan fingerprint density at radius 1 is 1.38 bits per heavy atom. The van der Waals surface area contributed by atoms with E-state index in [1.807, 2.05) is 0 Å². The number of rotatable bonds is 7. The summed E-state index contributed by atoms with van der Waals surface area (Å²) in [6.45, 7) is 4.53. The first-order valence-electron chi connectivity index (χ1n) is 7.62. The summed E-state index contributed by atoms with van der Waals surface area (Å²) < 4.78 is 0. The van der Waals surface area contributed by atoms with Gasteiger partial charge in [-0.1, -0.05) is 13.8 Å². The van der Waals surface area contributed by atoms with Gasteiger partial charge < -0.3 is 11.1 Å². The highest BCUT2D eigenvalue weighted by molar-refractivity contribution is 7.13. The van der Waals surface area contributed by atoms with Crippen molar-refractivity contribution in [3.05, 3.63) is 45.5 Å². The minimum absolute atomic E-state index is 0.0211. The molecule has 1 aromatic carbocycles. The monoisotopic (exact) mass is 348 g/mol. The molecule has 2 rings (SSSR count). The fourth-order valence-corrected chi connectivity index (χ4v) is 3.09. The second-order valence-electron chi connectivity index (χ2n) is 5.88. The van der Waals surface area contributed by atoms with Crippen molar-refractivity contribution in [1.82, 2.24) is 10.3 Å². The van der Waals surface area contributed by atoms with Crippen LogP contribution in [0.15, 0.2) is 29.6 Å². The number of carbonyl (C=O) groups excluding carboxylic acids is 1. The van der Waals surface area contributed by atoms with Gasteiger partial charge in [0.1, 0.15) is 10.7 Å². The maximum atomic E-state index is 12.3. The third-order valence-electron chi connectivity index (χ3n) is 3.44. The predicted molar refractivity (Wildman–Crippen MR) is 94.0 cm³/mol. The first kappa shape index (κ1) is 18.0. The summed E-state index contributed by atoms with van der Waals surface area (Å²) in [5.41, 5.74) is 6.78. The number of nitrogens with zero attached hydrogens (tertiary/aromatic N) is 2. The number of nitro groups is 1. The Balaban J connectivity index is 2.09. The number of hydrogen-bond acceptors (Lipinski definition) is 6. The van der Waals surface area contributed by atoms with E-state index in [1.54, 1.807) is 17.5 Å². The second kappa shape index (κ2) is 7.98. The van der Waals surface area contributed by atoms with E-state index in [0.717, 1.165) is 12.0 Å².